The van der Waals surface area contributed by atoms with Crippen LogP contribution >= 0.6 is 0 Å². The highest BCUT2D eigenvalue weighted by molar-refractivity contribution is 6.01. The predicted octanol–water partition coefficient (Wildman–Crippen LogP) is 1.29. The van der Waals surface area contributed by atoms with Gasteiger partial charge in [-0.15, -0.1) is 0 Å². The van der Waals surface area contributed by atoms with Crippen LogP contribution in [0.2, 0.25) is 0 Å². The lowest BCUT2D eigenvalue weighted by Gasteiger charge is -2.30. The fourth-order valence-electron chi connectivity index (χ4n) is 3.43. The molecule has 1 N–H and O–H groups in total. The summed E-state index contributed by atoms with van der Waals surface area (Å²) in [5, 5.41) is 9.10. The molecule has 8 heteroatoms. The number of rotatable bonds is 4. The SMILES string of the molecule is O=C(O)[C@@H]1CN(C(=O)c2occc2CN2C(=O)Cc3ccccc32)CCO1. The van der Waals surface area contributed by atoms with Crippen molar-refractivity contribution in [3.8, 4) is 0 Å². The van der Waals surface area contributed by atoms with Crippen LogP contribution in [0, 0.1) is 0 Å². The second-order valence-electron chi connectivity index (χ2n) is 6.51. The van der Waals surface area contributed by atoms with Gasteiger partial charge >= 0.3 is 5.97 Å². The van der Waals surface area contributed by atoms with Gasteiger partial charge in [0.1, 0.15) is 0 Å². The van der Waals surface area contributed by atoms with Crippen molar-refractivity contribution in [1.82, 2.24) is 4.90 Å². The van der Waals surface area contributed by atoms with E-state index >= 15 is 0 Å². The quantitative estimate of drug-likeness (QED) is 0.871. The molecule has 4 rings (SSSR count). The van der Waals surface area contributed by atoms with Crippen molar-refractivity contribution in [2.75, 3.05) is 24.6 Å². The molecule has 0 unspecified atom stereocenters. The van der Waals surface area contributed by atoms with E-state index in [9.17, 15) is 14.4 Å². The van der Waals surface area contributed by atoms with E-state index in [0.29, 0.717) is 12.0 Å². The molecule has 27 heavy (non-hydrogen) atoms. The first-order valence-electron chi connectivity index (χ1n) is 8.63. The van der Waals surface area contributed by atoms with Gasteiger partial charge in [-0.1, -0.05) is 18.2 Å². The van der Waals surface area contributed by atoms with Crippen LogP contribution in [0.5, 0.6) is 0 Å². The largest absolute Gasteiger partial charge is 0.479 e. The summed E-state index contributed by atoms with van der Waals surface area (Å²) in [6.45, 7) is 0.616. The Morgan fingerprint density at radius 2 is 2.04 bits per heavy atom. The zero-order chi connectivity index (χ0) is 19.0. The van der Waals surface area contributed by atoms with Crippen LogP contribution in [-0.4, -0.2) is 53.6 Å². The Bertz CT molecular complexity index is 905. The minimum Gasteiger partial charge on any atom is -0.479 e. The van der Waals surface area contributed by atoms with Gasteiger partial charge < -0.3 is 24.1 Å². The number of hydrogen-bond donors (Lipinski definition) is 1. The van der Waals surface area contributed by atoms with Crippen molar-refractivity contribution in [2.24, 2.45) is 0 Å². The molecule has 2 aliphatic rings. The van der Waals surface area contributed by atoms with Gasteiger partial charge in [0.05, 0.1) is 32.4 Å². The second kappa shape index (κ2) is 6.88. The molecule has 0 saturated carbocycles. The average molecular weight is 370 g/mol. The van der Waals surface area contributed by atoms with E-state index in [0.717, 1.165) is 11.3 Å². The summed E-state index contributed by atoms with van der Waals surface area (Å²) in [5.74, 6) is -1.41. The van der Waals surface area contributed by atoms with Crippen LogP contribution in [0.4, 0.5) is 5.69 Å². The number of anilines is 1. The Morgan fingerprint density at radius 1 is 1.22 bits per heavy atom. The number of furan rings is 1. The first-order valence-corrected chi connectivity index (χ1v) is 8.63. The summed E-state index contributed by atoms with van der Waals surface area (Å²) < 4.78 is 10.5. The highest BCUT2D eigenvalue weighted by Gasteiger charge is 2.33. The zero-order valence-corrected chi connectivity index (χ0v) is 14.5. The van der Waals surface area contributed by atoms with E-state index < -0.39 is 18.0 Å². The Morgan fingerprint density at radius 3 is 2.85 bits per heavy atom. The predicted molar refractivity (Wildman–Crippen MR) is 93.3 cm³/mol. The lowest BCUT2D eigenvalue weighted by Crippen LogP contribution is -2.48. The maximum absolute atomic E-state index is 12.8. The van der Waals surface area contributed by atoms with Gasteiger partial charge in [0.2, 0.25) is 5.91 Å². The molecule has 1 aromatic carbocycles. The number of benzene rings is 1. The third-order valence-corrected chi connectivity index (χ3v) is 4.82. The van der Waals surface area contributed by atoms with Gasteiger partial charge in [-0.2, -0.15) is 0 Å². The van der Waals surface area contributed by atoms with Crippen molar-refractivity contribution >= 4 is 23.5 Å². The number of morpholine rings is 1. The number of carboxylic acid groups (broad SMARTS) is 1. The van der Waals surface area contributed by atoms with Gasteiger partial charge in [0.15, 0.2) is 11.9 Å². The van der Waals surface area contributed by atoms with Gasteiger partial charge in [-0.25, -0.2) is 4.79 Å². The number of hydrogen-bond acceptors (Lipinski definition) is 5. The monoisotopic (exact) mass is 370 g/mol. The highest BCUT2D eigenvalue weighted by Crippen LogP contribution is 2.30. The fraction of sp³-hybridized carbons (Fsp3) is 0.316. The van der Waals surface area contributed by atoms with Crippen LogP contribution in [0.1, 0.15) is 21.7 Å². The minimum atomic E-state index is -1.11. The van der Waals surface area contributed by atoms with Crippen LogP contribution in [0.3, 0.4) is 0 Å². The van der Waals surface area contributed by atoms with Crippen molar-refractivity contribution in [3.05, 3.63) is 53.5 Å². The molecule has 2 aliphatic heterocycles. The number of carbonyl (C=O) groups is 3. The Labute approximate surface area is 154 Å². The molecule has 1 fully saturated rings. The molecule has 140 valence electrons. The normalized spacial score (nSPS) is 19.3. The topological polar surface area (TPSA) is 100 Å². The molecule has 8 nitrogen and oxygen atoms in total. The molecule has 0 aliphatic carbocycles. The summed E-state index contributed by atoms with van der Waals surface area (Å²) >= 11 is 0. The number of carboxylic acids is 1. The van der Waals surface area contributed by atoms with E-state index in [1.54, 1.807) is 11.0 Å². The van der Waals surface area contributed by atoms with Crippen LogP contribution in [0.25, 0.3) is 0 Å². The Kier molecular flexibility index (Phi) is 4.41. The van der Waals surface area contributed by atoms with Gasteiger partial charge in [-0.3, -0.25) is 9.59 Å². The van der Waals surface area contributed by atoms with E-state index in [2.05, 4.69) is 0 Å². The molecule has 2 amide bonds. The van der Waals surface area contributed by atoms with Crippen molar-refractivity contribution in [2.45, 2.75) is 19.1 Å². The summed E-state index contributed by atoms with van der Waals surface area (Å²) in [7, 11) is 0. The van der Waals surface area contributed by atoms with E-state index in [4.69, 9.17) is 14.3 Å². The number of amides is 2. The minimum absolute atomic E-state index is 0.0342. The lowest BCUT2D eigenvalue weighted by atomic mass is 10.1. The van der Waals surface area contributed by atoms with Crippen molar-refractivity contribution in [3.63, 3.8) is 0 Å². The molecule has 2 aromatic rings. The van der Waals surface area contributed by atoms with Crippen LogP contribution in [-0.2, 0) is 27.3 Å². The van der Waals surface area contributed by atoms with E-state index in [1.807, 2.05) is 24.3 Å². The number of para-hydroxylation sites is 1. The van der Waals surface area contributed by atoms with Gasteiger partial charge in [-0.05, 0) is 17.7 Å². The molecule has 1 aromatic heterocycles. The highest BCUT2D eigenvalue weighted by atomic mass is 16.5. The lowest BCUT2D eigenvalue weighted by molar-refractivity contribution is -0.154. The summed E-state index contributed by atoms with van der Waals surface area (Å²) in [4.78, 5) is 39.4. The van der Waals surface area contributed by atoms with Gasteiger partial charge in [0, 0.05) is 17.8 Å². The van der Waals surface area contributed by atoms with Crippen LogP contribution < -0.4 is 4.90 Å². The first-order chi connectivity index (χ1) is 13.0. The standard InChI is InChI=1S/C19H18N2O6/c22-16-9-12-3-1-2-4-14(12)21(16)10-13-5-7-27-17(13)18(23)20-6-8-26-15(11-20)19(24)25/h1-5,7,15H,6,8-11H2,(H,24,25)/t15-/m0/s1. The molecule has 1 saturated heterocycles. The number of carbonyl (C=O) groups excluding carboxylic acids is 2. The van der Waals surface area contributed by atoms with E-state index in [-0.39, 0.29) is 37.9 Å². The smallest absolute Gasteiger partial charge is 0.334 e. The molecule has 1 atom stereocenters. The van der Waals surface area contributed by atoms with Crippen molar-refractivity contribution in [1.29, 1.82) is 0 Å². The summed E-state index contributed by atoms with van der Waals surface area (Å²) in [6.07, 6.45) is 0.693. The Balaban J connectivity index is 1.54. The molecule has 3 heterocycles. The third-order valence-electron chi connectivity index (χ3n) is 4.82. The van der Waals surface area contributed by atoms with Crippen molar-refractivity contribution < 1.29 is 28.6 Å². The second-order valence-corrected chi connectivity index (χ2v) is 6.51. The third kappa shape index (κ3) is 3.19. The van der Waals surface area contributed by atoms with Crippen LogP contribution in [0.15, 0.2) is 41.0 Å². The average Bonchev–Trinajstić information content (AvgIpc) is 3.26. The Hall–Kier alpha value is -3.13. The number of ether oxygens (including phenoxy) is 1. The van der Waals surface area contributed by atoms with E-state index in [1.165, 1.54) is 11.2 Å². The molecule has 0 radical (unpaired) electrons. The zero-order valence-electron chi connectivity index (χ0n) is 14.5. The summed E-state index contributed by atoms with van der Waals surface area (Å²) in [5.41, 5.74) is 2.37. The molecule has 0 spiro atoms. The van der Waals surface area contributed by atoms with Gasteiger partial charge in [0.25, 0.3) is 5.91 Å². The fourth-order valence-corrected chi connectivity index (χ4v) is 3.43. The summed E-state index contributed by atoms with van der Waals surface area (Å²) in [6, 6.07) is 9.21. The number of nitrogens with zero attached hydrogens (tertiary/aromatic N) is 2. The molecular formula is C19H18N2O6. The first kappa shape index (κ1) is 17.3. The molecular weight excluding hydrogens is 352 g/mol. The number of fused-ring (bicyclic) bond motifs is 1. The maximum atomic E-state index is 12.8. The molecule has 0 bridgehead atoms. The number of aliphatic carboxylic acids is 1. The maximum Gasteiger partial charge on any atom is 0.334 e.